The molecule has 0 radical (unpaired) electrons. The van der Waals surface area contributed by atoms with Crippen LogP contribution in [0, 0.1) is 0 Å². The van der Waals surface area contributed by atoms with Crippen LogP contribution in [0.1, 0.15) is 6.92 Å². The zero-order valence-corrected chi connectivity index (χ0v) is 20.1. The van der Waals surface area contributed by atoms with Gasteiger partial charge in [0.1, 0.15) is 6.54 Å². The molecule has 1 atom stereocenters. The summed E-state index contributed by atoms with van der Waals surface area (Å²) in [7, 11) is 0. The van der Waals surface area contributed by atoms with Crippen molar-refractivity contribution in [3.8, 4) is 28.6 Å². The Morgan fingerprint density at radius 2 is 1.78 bits per heavy atom. The zero-order chi connectivity index (χ0) is 24.6. The van der Waals surface area contributed by atoms with Gasteiger partial charge in [-0.3, -0.25) is 19.1 Å². The van der Waals surface area contributed by atoms with Crippen molar-refractivity contribution in [2.45, 2.75) is 17.3 Å². The fourth-order valence-electron chi connectivity index (χ4n) is 4.24. The Hall–Kier alpha value is -4.31. The molecule has 0 saturated heterocycles. The number of hydrogen-bond acceptors (Lipinski definition) is 7. The second-order valence-corrected chi connectivity index (χ2v) is 9.60. The number of ether oxygens (including phenoxy) is 2. The summed E-state index contributed by atoms with van der Waals surface area (Å²) in [5.74, 6) is 1.54. The van der Waals surface area contributed by atoms with Crippen LogP contribution in [-0.2, 0) is 9.59 Å². The zero-order valence-electron chi connectivity index (χ0n) is 19.2. The van der Waals surface area contributed by atoms with Gasteiger partial charge in [-0.05, 0) is 49.4 Å². The first kappa shape index (κ1) is 22.2. The van der Waals surface area contributed by atoms with E-state index < -0.39 is 5.25 Å². The number of aromatic nitrogens is 3. The Bertz CT molecular complexity index is 1470. The maximum atomic E-state index is 13.5. The second kappa shape index (κ2) is 9.04. The lowest BCUT2D eigenvalue weighted by molar-refractivity contribution is -0.121. The Balaban J connectivity index is 1.34. The fourth-order valence-corrected chi connectivity index (χ4v) is 5.17. The number of nitrogens with zero attached hydrogens (tertiary/aromatic N) is 4. The van der Waals surface area contributed by atoms with E-state index in [2.05, 4.69) is 15.5 Å². The molecule has 1 aromatic heterocycles. The number of anilines is 2. The van der Waals surface area contributed by atoms with Crippen LogP contribution >= 0.6 is 11.8 Å². The van der Waals surface area contributed by atoms with E-state index in [4.69, 9.17) is 9.47 Å². The third kappa shape index (κ3) is 3.95. The molecule has 0 unspecified atom stereocenters. The summed E-state index contributed by atoms with van der Waals surface area (Å²) in [5.41, 5.74) is 2.97. The van der Waals surface area contributed by atoms with Gasteiger partial charge in [-0.1, -0.05) is 42.1 Å². The highest BCUT2D eigenvalue weighted by Gasteiger charge is 2.31. The quantitative estimate of drug-likeness (QED) is 0.412. The molecule has 10 heteroatoms. The Kier molecular flexibility index (Phi) is 5.57. The van der Waals surface area contributed by atoms with Gasteiger partial charge >= 0.3 is 0 Å². The highest BCUT2D eigenvalue weighted by atomic mass is 32.2. The number of para-hydroxylation sites is 3. The largest absolute Gasteiger partial charge is 0.454 e. The summed E-state index contributed by atoms with van der Waals surface area (Å²) in [6, 6.07) is 22.6. The van der Waals surface area contributed by atoms with E-state index in [1.54, 1.807) is 6.07 Å². The molecule has 0 bridgehead atoms. The van der Waals surface area contributed by atoms with Gasteiger partial charge in [0, 0.05) is 11.3 Å². The van der Waals surface area contributed by atoms with Crippen molar-refractivity contribution in [3.63, 3.8) is 0 Å². The minimum absolute atomic E-state index is 0.0332. The van der Waals surface area contributed by atoms with Gasteiger partial charge in [-0.25, -0.2) is 0 Å². The molecule has 180 valence electrons. The molecular formula is C26H21N5O4S. The van der Waals surface area contributed by atoms with E-state index in [-0.39, 0.29) is 25.2 Å². The van der Waals surface area contributed by atoms with Crippen LogP contribution in [0.3, 0.4) is 0 Å². The maximum absolute atomic E-state index is 13.5. The highest BCUT2D eigenvalue weighted by molar-refractivity contribution is 8.00. The molecule has 0 spiro atoms. The summed E-state index contributed by atoms with van der Waals surface area (Å²) < 4.78 is 12.9. The normalized spacial score (nSPS) is 14.8. The number of nitrogens with one attached hydrogen (secondary N) is 1. The average molecular weight is 500 g/mol. The SMILES string of the molecule is C[C@H](Sc1nnc(-c2ccc3c(c2)OCO3)n1-c1ccccc1)C(=O)N1CC(=O)Nc2ccccc21. The fraction of sp³-hybridized carbons (Fsp3) is 0.154. The lowest BCUT2D eigenvalue weighted by atomic mass is 10.2. The average Bonchev–Trinajstić information content (AvgIpc) is 3.54. The van der Waals surface area contributed by atoms with Crippen molar-refractivity contribution >= 4 is 35.0 Å². The van der Waals surface area contributed by atoms with Gasteiger partial charge in [0.05, 0.1) is 16.6 Å². The first-order valence-electron chi connectivity index (χ1n) is 11.4. The Morgan fingerprint density at radius 1 is 1.00 bits per heavy atom. The minimum Gasteiger partial charge on any atom is -0.454 e. The van der Waals surface area contributed by atoms with E-state index in [0.29, 0.717) is 33.9 Å². The van der Waals surface area contributed by atoms with Gasteiger partial charge in [0.15, 0.2) is 22.5 Å². The summed E-state index contributed by atoms with van der Waals surface area (Å²) in [4.78, 5) is 27.3. The molecular weight excluding hydrogens is 478 g/mol. The van der Waals surface area contributed by atoms with E-state index >= 15 is 0 Å². The lowest BCUT2D eigenvalue weighted by Crippen LogP contribution is -2.45. The van der Waals surface area contributed by atoms with Gasteiger partial charge in [0.25, 0.3) is 0 Å². The lowest BCUT2D eigenvalue weighted by Gasteiger charge is -2.30. The maximum Gasteiger partial charge on any atom is 0.244 e. The number of rotatable bonds is 5. The van der Waals surface area contributed by atoms with Gasteiger partial charge < -0.3 is 14.8 Å². The van der Waals surface area contributed by atoms with Crippen LogP contribution in [0.15, 0.2) is 78.0 Å². The summed E-state index contributed by atoms with van der Waals surface area (Å²) >= 11 is 1.29. The number of fused-ring (bicyclic) bond motifs is 2. The summed E-state index contributed by atoms with van der Waals surface area (Å²) in [5, 5.41) is 11.8. The standard InChI is InChI=1S/C26H21N5O4S/c1-16(25(33)30-14-23(32)27-19-9-5-6-10-20(19)30)36-26-29-28-24(31(26)18-7-3-2-4-8-18)17-11-12-21-22(13-17)35-15-34-21/h2-13,16H,14-15H2,1H3,(H,27,32)/t16-/m0/s1. The molecule has 4 aromatic rings. The molecule has 0 fully saturated rings. The van der Waals surface area contributed by atoms with Gasteiger partial charge in [-0.2, -0.15) is 0 Å². The predicted molar refractivity (Wildman–Crippen MR) is 136 cm³/mol. The molecule has 2 aliphatic heterocycles. The van der Waals surface area contributed by atoms with E-state index in [0.717, 1.165) is 11.3 Å². The number of thioether (sulfide) groups is 1. The third-order valence-corrected chi connectivity index (χ3v) is 6.98. The van der Waals surface area contributed by atoms with Crippen molar-refractivity contribution in [1.29, 1.82) is 0 Å². The van der Waals surface area contributed by atoms with Crippen LogP contribution in [0.25, 0.3) is 17.1 Å². The summed E-state index contributed by atoms with van der Waals surface area (Å²) in [6.45, 7) is 1.96. The van der Waals surface area contributed by atoms with Gasteiger partial charge in [0.2, 0.25) is 18.6 Å². The molecule has 2 amide bonds. The second-order valence-electron chi connectivity index (χ2n) is 8.29. The van der Waals surface area contributed by atoms with Crippen molar-refractivity contribution < 1.29 is 19.1 Å². The van der Waals surface area contributed by atoms with Gasteiger partial charge in [-0.15, -0.1) is 10.2 Å². The number of benzene rings is 3. The van der Waals surface area contributed by atoms with E-state index in [1.165, 1.54) is 16.7 Å². The number of carbonyl (C=O) groups is 2. The van der Waals surface area contributed by atoms with Crippen molar-refractivity contribution in [1.82, 2.24) is 14.8 Å². The van der Waals surface area contributed by atoms with Crippen molar-refractivity contribution in [2.24, 2.45) is 0 Å². The third-order valence-electron chi connectivity index (χ3n) is 5.95. The molecule has 6 rings (SSSR count). The van der Waals surface area contributed by atoms with Crippen LogP contribution in [0.4, 0.5) is 11.4 Å². The van der Waals surface area contributed by atoms with Crippen molar-refractivity contribution in [2.75, 3.05) is 23.6 Å². The molecule has 9 nitrogen and oxygen atoms in total. The topological polar surface area (TPSA) is 98.6 Å². The molecule has 3 heterocycles. The summed E-state index contributed by atoms with van der Waals surface area (Å²) in [6.07, 6.45) is 0. The molecule has 0 aliphatic carbocycles. The molecule has 0 saturated carbocycles. The predicted octanol–water partition coefficient (Wildman–Crippen LogP) is 4.13. The van der Waals surface area contributed by atoms with Crippen LogP contribution < -0.4 is 19.7 Å². The smallest absolute Gasteiger partial charge is 0.244 e. The van der Waals surface area contributed by atoms with E-state index in [1.807, 2.05) is 78.2 Å². The van der Waals surface area contributed by atoms with Crippen LogP contribution in [0.2, 0.25) is 0 Å². The number of carbonyl (C=O) groups excluding carboxylic acids is 2. The van der Waals surface area contributed by atoms with Crippen molar-refractivity contribution in [3.05, 3.63) is 72.8 Å². The number of hydrogen-bond donors (Lipinski definition) is 1. The molecule has 1 N–H and O–H groups in total. The Morgan fingerprint density at radius 3 is 2.64 bits per heavy atom. The van der Waals surface area contributed by atoms with Crippen LogP contribution in [-0.4, -0.2) is 45.2 Å². The Labute approximate surface area is 211 Å². The van der Waals surface area contributed by atoms with E-state index in [9.17, 15) is 9.59 Å². The molecule has 3 aromatic carbocycles. The molecule has 36 heavy (non-hydrogen) atoms. The minimum atomic E-state index is -0.528. The first-order chi connectivity index (χ1) is 17.6. The first-order valence-corrected chi connectivity index (χ1v) is 12.2. The van der Waals surface area contributed by atoms with Crippen LogP contribution in [0.5, 0.6) is 11.5 Å². The highest BCUT2D eigenvalue weighted by Crippen LogP contribution is 2.38. The monoisotopic (exact) mass is 499 g/mol. The molecule has 2 aliphatic rings. The number of amides is 2.